The molecular formula is C17H18N2O2. The summed E-state index contributed by atoms with van der Waals surface area (Å²) < 4.78 is 10.6. The molecule has 0 saturated carbocycles. The maximum atomic E-state index is 5.31. The monoisotopic (exact) mass is 282 g/mol. The smallest absolute Gasteiger partial charge is 0.163 e. The Morgan fingerprint density at radius 3 is 2.52 bits per heavy atom. The standard InChI is InChI=1S/C17H18N2O2/c1-11-5-4-6-12(7-11)8-17-18-13-9-15(20-2)16(21-3)10-14(13)19-17/h4-7,9-10H,8H2,1-3H3,(H,18,19). The van der Waals surface area contributed by atoms with Crippen LogP contribution in [0.1, 0.15) is 17.0 Å². The van der Waals surface area contributed by atoms with E-state index in [1.165, 1.54) is 11.1 Å². The highest BCUT2D eigenvalue weighted by Gasteiger charge is 2.10. The number of methoxy groups -OCH3 is 2. The van der Waals surface area contributed by atoms with E-state index in [-0.39, 0.29) is 0 Å². The van der Waals surface area contributed by atoms with Crippen LogP contribution in [0.3, 0.4) is 0 Å². The zero-order chi connectivity index (χ0) is 14.8. The van der Waals surface area contributed by atoms with E-state index in [4.69, 9.17) is 9.47 Å². The van der Waals surface area contributed by atoms with Crippen LogP contribution in [0.25, 0.3) is 11.0 Å². The molecule has 1 heterocycles. The van der Waals surface area contributed by atoms with Crippen molar-refractivity contribution in [2.75, 3.05) is 14.2 Å². The number of hydrogen-bond acceptors (Lipinski definition) is 3. The third-order valence-corrected chi connectivity index (χ3v) is 3.49. The highest BCUT2D eigenvalue weighted by Crippen LogP contribution is 2.31. The minimum Gasteiger partial charge on any atom is -0.493 e. The number of nitrogens with zero attached hydrogens (tertiary/aromatic N) is 1. The number of aromatic amines is 1. The zero-order valence-electron chi connectivity index (χ0n) is 12.4. The Balaban J connectivity index is 1.97. The quantitative estimate of drug-likeness (QED) is 0.797. The normalized spacial score (nSPS) is 10.8. The van der Waals surface area contributed by atoms with Crippen LogP contribution in [0.15, 0.2) is 36.4 Å². The van der Waals surface area contributed by atoms with Crippen molar-refractivity contribution in [1.82, 2.24) is 9.97 Å². The van der Waals surface area contributed by atoms with Gasteiger partial charge < -0.3 is 14.5 Å². The molecule has 0 radical (unpaired) electrons. The third kappa shape index (κ3) is 2.70. The molecule has 4 nitrogen and oxygen atoms in total. The number of fused-ring (bicyclic) bond motifs is 1. The lowest BCUT2D eigenvalue weighted by Crippen LogP contribution is -1.90. The fourth-order valence-corrected chi connectivity index (χ4v) is 2.49. The second-order valence-electron chi connectivity index (χ2n) is 5.07. The molecule has 3 aromatic rings. The molecule has 4 heteroatoms. The summed E-state index contributed by atoms with van der Waals surface area (Å²) in [5, 5.41) is 0. The Bertz CT molecular complexity index is 737. The second kappa shape index (κ2) is 5.48. The molecule has 108 valence electrons. The van der Waals surface area contributed by atoms with E-state index < -0.39 is 0 Å². The van der Waals surface area contributed by atoms with Crippen molar-refractivity contribution in [1.29, 1.82) is 0 Å². The summed E-state index contributed by atoms with van der Waals surface area (Å²) in [5.74, 6) is 2.33. The van der Waals surface area contributed by atoms with Crippen LogP contribution < -0.4 is 9.47 Å². The number of H-pyrrole nitrogens is 1. The van der Waals surface area contributed by atoms with E-state index in [1.54, 1.807) is 14.2 Å². The van der Waals surface area contributed by atoms with Gasteiger partial charge in [-0.2, -0.15) is 0 Å². The van der Waals surface area contributed by atoms with Crippen LogP contribution >= 0.6 is 0 Å². The summed E-state index contributed by atoms with van der Waals surface area (Å²) in [6.45, 7) is 2.10. The van der Waals surface area contributed by atoms with E-state index in [9.17, 15) is 0 Å². The van der Waals surface area contributed by atoms with Crippen molar-refractivity contribution in [3.8, 4) is 11.5 Å². The Morgan fingerprint density at radius 2 is 1.81 bits per heavy atom. The van der Waals surface area contributed by atoms with Crippen molar-refractivity contribution < 1.29 is 9.47 Å². The van der Waals surface area contributed by atoms with Gasteiger partial charge in [-0.25, -0.2) is 4.98 Å². The minimum atomic E-state index is 0.693. The number of imidazole rings is 1. The average molecular weight is 282 g/mol. The Kier molecular flexibility index (Phi) is 3.52. The van der Waals surface area contributed by atoms with Gasteiger partial charge in [-0.15, -0.1) is 0 Å². The lowest BCUT2D eigenvalue weighted by Gasteiger charge is -2.06. The molecule has 3 rings (SSSR count). The second-order valence-corrected chi connectivity index (χ2v) is 5.07. The molecule has 0 aliphatic heterocycles. The van der Waals surface area contributed by atoms with Crippen LogP contribution in [0.4, 0.5) is 0 Å². The molecule has 0 atom stereocenters. The molecule has 1 aromatic heterocycles. The minimum absolute atomic E-state index is 0.693. The number of aromatic nitrogens is 2. The maximum Gasteiger partial charge on any atom is 0.163 e. The molecule has 0 saturated heterocycles. The predicted octanol–water partition coefficient (Wildman–Crippen LogP) is 3.48. The van der Waals surface area contributed by atoms with Crippen LogP contribution in [0.2, 0.25) is 0 Å². The number of benzene rings is 2. The number of aryl methyl sites for hydroxylation is 1. The number of rotatable bonds is 4. The lowest BCUT2D eigenvalue weighted by atomic mass is 10.1. The molecule has 0 unspecified atom stereocenters. The molecule has 0 aliphatic rings. The van der Waals surface area contributed by atoms with Gasteiger partial charge >= 0.3 is 0 Å². The van der Waals surface area contributed by atoms with Crippen LogP contribution in [-0.2, 0) is 6.42 Å². The van der Waals surface area contributed by atoms with Gasteiger partial charge in [-0.1, -0.05) is 29.8 Å². The summed E-state index contributed by atoms with van der Waals surface area (Å²) in [5.41, 5.74) is 4.34. The summed E-state index contributed by atoms with van der Waals surface area (Å²) in [6.07, 6.45) is 0.779. The molecule has 1 N–H and O–H groups in total. The van der Waals surface area contributed by atoms with Crippen molar-refractivity contribution in [2.45, 2.75) is 13.3 Å². The first-order valence-electron chi connectivity index (χ1n) is 6.86. The van der Waals surface area contributed by atoms with Gasteiger partial charge in [0.25, 0.3) is 0 Å². The van der Waals surface area contributed by atoms with Crippen molar-refractivity contribution in [2.24, 2.45) is 0 Å². The first-order chi connectivity index (χ1) is 10.2. The van der Waals surface area contributed by atoms with Gasteiger partial charge in [0.1, 0.15) is 5.82 Å². The highest BCUT2D eigenvalue weighted by molar-refractivity contribution is 5.79. The van der Waals surface area contributed by atoms with Crippen LogP contribution in [-0.4, -0.2) is 24.2 Å². The highest BCUT2D eigenvalue weighted by atomic mass is 16.5. The fourth-order valence-electron chi connectivity index (χ4n) is 2.49. The topological polar surface area (TPSA) is 47.1 Å². The van der Waals surface area contributed by atoms with Crippen LogP contribution in [0, 0.1) is 6.92 Å². The van der Waals surface area contributed by atoms with Crippen LogP contribution in [0.5, 0.6) is 11.5 Å². The Labute approximate surface area is 123 Å². The van der Waals surface area contributed by atoms with Gasteiger partial charge in [0.05, 0.1) is 25.3 Å². The summed E-state index contributed by atoms with van der Waals surface area (Å²) in [4.78, 5) is 7.97. The third-order valence-electron chi connectivity index (χ3n) is 3.49. The number of nitrogens with one attached hydrogen (secondary N) is 1. The maximum absolute atomic E-state index is 5.31. The van der Waals surface area contributed by atoms with Crippen molar-refractivity contribution in [3.05, 3.63) is 53.3 Å². The molecule has 21 heavy (non-hydrogen) atoms. The van der Waals surface area contributed by atoms with E-state index in [0.29, 0.717) is 11.5 Å². The lowest BCUT2D eigenvalue weighted by molar-refractivity contribution is 0.356. The molecule has 0 bridgehead atoms. The first kappa shape index (κ1) is 13.5. The zero-order valence-corrected chi connectivity index (χ0v) is 12.4. The van der Waals surface area contributed by atoms with E-state index in [0.717, 1.165) is 23.3 Å². The number of ether oxygens (including phenoxy) is 2. The van der Waals surface area contributed by atoms with Gasteiger partial charge in [0.2, 0.25) is 0 Å². The summed E-state index contributed by atoms with van der Waals surface area (Å²) in [7, 11) is 3.26. The van der Waals surface area contributed by atoms with E-state index in [1.807, 2.05) is 12.1 Å². The van der Waals surface area contributed by atoms with Gasteiger partial charge in [0, 0.05) is 18.6 Å². The van der Waals surface area contributed by atoms with E-state index >= 15 is 0 Å². The summed E-state index contributed by atoms with van der Waals surface area (Å²) in [6, 6.07) is 12.3. The SMILES string of the molecule is COc1cc2nc(Cc3cccc(C)c3)[nH]c2cc1OC. The Hall–Kier alpha value is -2.49. The fraction of sp³-hybridized carbons (Fsp3) is 0.235. The van der Waals surface area contributed by atoms with Crippen molar-refractivity contribution in [3.63, 3.8) is 0 Å². The van der Waals surface area contributed by atoms with Gasteiger partial charge in [0.15, 0.2) is 11.5 Å². The van der Waals surface area contributed by atoms with E-state index in [2.05, 4.69) is 41.2 Å². The largest absolute Gasteiger partial charge is 0.493 e. The molecule has 0 aliphatic carbocycles. The van der Waals surface area contributed by atoms with Gasteiger partial charge in [-0.3, -0.25) is 0 Å². The molecule has 2 aromatic carbocycles. The molecular weight excluding hydrogens is 264 g/mol. The first-order valence-corrected chi connectivity index (χ1v) is 6.86. The molecule has 0 amide bonds. The number of hydrogen-bond donors (Lipinski definition) is 1. The van der Waals surface area contributed by atoms with Gasteiger partial charge in [-0.05, 0) is 12.5 Å². The van der Waals surface area contributed by atoms with Crippen molar-refractivity contribution >= 4 is 11.0 Å². The Morgan fingerprint density at radius 1 is 1.05 bits per heavy atom. The average Bonchev–Trinajstić information content (AvgIpc) is 2.86. The predicted molar refractivity (Wildman–Crippen MR) is 83.2 cm³/mol. The molecule has 0 spiro atoms. The summed E-state index contributed by atoms with van der Waals surface area (Å²) >= 11 is 0. The molecule has 0 fully saturated rings.